The Bertz CT molecular complexity index is 323. The number of halogens is 1. The number of phenolic OH excluding ortho intramolecular Hbond substituents is 1. The molecule has 1 rings (SSSR count). The minimum atomic E-state index is -0.404. The van der Waals surface area contributed by atoms with Crippen LogP contribution in [0.2, 0.25) is 0 Å². The molecule has 15 heavy (non-hydrogen) atoms. The molecule has 84 valence electrons. The summed E-state index contributed by atoms with van der Waals surface area (Å²) in [6.45, 7) is 8.43. The fraction of sp³-hybridized carbons (Fsp3) is 0.538. The Balaban J connectivity index is 3.21. The summed E-state index contributed by atoms with van der Waals surface area (Å²) in [6.07, 6.45) is 0. The molecule has 0 aliphatic rings. The van der Waals surface area contributed by atoms with Gasteiger partial charge in [0.05, 0.1) is 4.87 Å². The summed E-state index contributed by atoms with van der Waals surface area (Å²) in [5.41, 5.74) is 0.995. The van der Waals surface area contributed by atoms with Crippen molar-refractivity contribution in [2.75, 3.05) is 0 Å². The van der Waals surface area contributed by atoms with Crippen molar-refractivity contribution < 1.29 is 5.11 Å². The van der Waals surface area contributed by atoms with Gasteiger partial charge in [-0.25, -0.2) is 0 Å². The maximum atomic E-state index is 9.48. The highest BCUT2D eigenvalue weighted by molar-refractivity contribution is 6.24. The Kier molecular flexibility index (Phi) is 3.67. The number of hydrogen-bond acceptors (Lipinski definition) is 1. The Morgan fingerprint density at radius 1 is 1.13 bits per heavy atom. The van der Waals surface area contributed by atoms with E-state index in [9.17, 15) is 5.11 Å². The zero-order valence-electron chi connectivity index (χ0n) is 9.79. The van der Waals surface area contributed by atoms with Crippen molar-refractivity contribution >= 4 is 11.6 Å². The van der Waals surface area contributed by atoms with Crippen LogP contribution in [0, 0.1) is 11.8 Å². The number of phenols is 1. The van der Waals surface area contributed by atoms with Gasteiger partial charge in [-0.1, -0.05) is 39.8 Å². The first kappa shape index (κ1) is 12.4. The Labute approximate surface area is 97.1 Å². The molecule has 0 heterocycles. The van der Waals surface area contributed by atoms with E-state index in [0.29, 0.717) is 11.8 Å². The van der Waals surface area contributed by atoms with Gasteiger partial charge >= 0.3 is 0 Å². The molecule has 0 atom stereocenters. The molecule has 0 unspecified atom stereocenters. The molecule has 1 aromatic rings. The number of rotatable bonds is 3. The lowest BCUT2D eigenvalue weighted by Crippen LogP contribution is -2.31. The van der Waals surface area contributed by atoms with Crippen LogP contribution in [-0.4, -0.2) is 5.11 Å². The quantitative estimate of drug-likeness (QED) is 0.769. The summed E-state index contributed by atoms with van der Waals surface area (Å²) in [5, 5.41) is 9.48. The molecule has 0 radical (unpaired) electrons. The summed E-state index contributed by atoms with van der Waals surface area (Å²) in [6, 6.07) is 7.24. The number of benzene rings is 1. The second-order valence-corrected chi connectivity index (χ2v) is 5.25. The van der Waals surface area contributed by atoms with Crippen LogP contribution in [0.3, 0.4) is 0 Å². The van der Waals surface area contributed by atoms with E-state index in [1.807, 2.05) is 12.1 Å². The number of aromatic hydroxyl groups is 1. The van der Waals surface area contributed by atoms with Crippen molar-refractivity contribution in [3.63, 3.8) is 0 Å². The minimum Gasteiger partial charge on any atom is -0.508 e. The van der Waals surface area contributed by atoms with E-state index in [-0.39, 0.29) is 5.75 Å². The average molecular weight is 227 g/mol. The van der Waals surface area contributed by atoms with Crippen molar-refractivity contribution in [2.24, 2.45) is 11.8 Å². The molecule has 2 heteroatoms. The van der Waals surface area contributed by atoms with Crippen LogP contribution in [0.15, 0.2) is 24.3 Å². The predicted molar refractivity (Wildman–Crippen MR) is 65.3 cm³/mol. The van der Waals surface area contributed by atoms with E-state index in [2.05, 4.69) is 27.7 Å². The second kappa shape index (κ2) is 4.44. The SMILES string of the molecule is CC(C)C(Cl)(c1cccc(O)c1)C(C)C. The normalized spacial score (nSPS) is 12.5. The van der Waals surface area contributed by atoms with Crippen LogP contribution < -0.4 is 0 Å². The first-order valence-corrected chi connectivity index (χ1v) is 5.75. The summed E-state index contributed by atoms with van der Waals surface area (Å²) in [4.78, 5) is -0.404. The van der Waals surface area contributed by atoms with Gasteiger partial charge in [-0.3, -0.25) is 0 Å². The van der Waals surface area contributed by atoms with Gasteiger partial charge < -0.3 is 5.11 Å². The van der Waals surface area contributed by atoms with Gasteiger partial charge in [0.25, 0.3) is 0 Å². The highest BCUT2D eigenvalue weighted by Crippen LogP contribution is 2.43. The number of alkyl halides is 1. The van der Waals surface area contributed by atoms with E-state index in [1.165, 1.54) is 0 Å². The molecule has 0 aliphatic heterocycles. The first-order valence-electron chi connectivity index (χ1n) is 5.37. The van der Waals surface area contributed by atoms with Crippen LogP contribution in [0.1, 0.15) is 33.3 Å². The van der Waals surface area contributed by atoms with Crippen molar-refractivity contribution in [3.8, 4) is 5.75 Å². The summed E-state index contributed by atoms with van der Waals surface area (Å²) in [5.74, 6) is 0.917. The third kappa shape index (κ3) is 2.28. The molecule has 0 saturated carbocycles. The molecule has 0 fully saturated rings. The first-order chi connectivity index (χ1) is 6.89. The van der Waals surface area contributed by atoms with Gasteiger partial charge in [0.15, 0.2) is 0 Å². The van der Waals surface area contributed by atoms with E-state index >= 15 is 0 Å². The molecule has 1 aromatic carbocycles. The van der Waals surface area contributed by atoms with E-state index in [0.717, 1.165) is 5.56 Å². The van der Waals surface area contributed by atoms with Crippen molar-refractivity contribution in [1.29, 1.82) is 0 Å². The van der Waals surface area contributed by atoms with Gasteiger partial charge in [0, 0.05) is 0 Å². The smallest absolute Gasteiger partial charge is 0.115 e. The second-order valence-electron chi connectivity index (χ2n) is 4.63. The van der Waals surface area contributed by atoms with Gasteiger partial charge in [0.1, 0.15) is 5.75 Å². The Morgan fingerprint density at radius 2 is 1.67 bits per heavy atom. The molecule has 1 N–H and O–H groups in total. The maximum Gasteiger partial charge on any atom is 0.115 e. The zero-order chi connectivity index (χ0) is 11.6. The highest BCUT2D eigenvalue weighted by Gasteiger charge is 2.36. The van der Waals surface area contributed by atoms with Crippen molar-refractivity contribution in [2.45, 2.75) is 32.6 Å². The molecular formula is C13H19ClO. The lowest BCUT2D eigenvalue weighted by molar-refractivity contribution is 0.331. The van der Waals surface area contributed by atoms with Crippen LogP contribution in [-0.2, 0) is 4.87 Å². The van der Waals surface area contributed by atoms with Crippen LogP contribution in [0.5, 0.6) is 5.75 Å². The van der Waals surface area contributed by atoms with Gasteiger partial charge in [-0.05, 0) is 29.5 Å². The molecule has 0 aromatic heterocycles. The fourth-order valence-electron chi connectivity index (χ4n) is 2.08. The van der Waals surface area contributed by atoms with Crippen molar-refractivity contribution in [1.82, 2.24) is 0 Å². The van der Waals surface area contributed by atoms with Gasteiger partial charge in [-0.2, -0.15) is 0 Å². The van der Waals surface area contributed by atoms with Crippen LogP contribution in [0.25, 0.3) is 0 Å². The van der Waals surface area contributed by atoms with Gasteiger partial charge in [0.2, 0.25) is 0 Å². The molecular weight excluding hydrogens is 208 g/mol. The lowest BCUT2D eigenvalue weighted by Gasteiger charge is -2.35. The maximum absolute atomic E-state index is 9.48. The summed E-state index contributed by atoms with van der Waals surface area (Å²) in [7, 11) is 0. The summed E-state index contributed by atoms with van der Waals surface area (Å²) >= 11 is 6.70. The lowest BCUT2D eigenvalue weighted by atomic mass is 9.79. The largest absolute Gasteiger partial charge is 0.508 e. The molecule has 0 aliphatic carbocycles. The summed E-state index contributed by atoms with van der Waals surface area (Å²) < 4.78 is 0. The molecule has 0 amide bonds. The van der Waals surface area contributed by atoms with E-state index in [1.54, 1.807) is 12.1 Å². The predicted octanol–water partition coefficient (Wildman–Crippen LogP) is 4.14. The van der Waals surface area contributed by atoms with Crippen LogP contribution >= 0.6 is 11.6 Å². The average Bonchev–Trinajstić information content (AvgIpc) is 2.15. The monoisotopic (exact) mass is 226 g/mol. The minimum absolute atomic E-state index is 0.277. The van der Waals surface area contributed by atoms with Crippen LogP contribution in [0.4, 0.5) is 0 Å². The van der Waals surface area contributed by atoms with E-state index < -0.39 is 4.87 Å². The number of hydrogen-bond donors (Lipinski definition) is 1. The van der Waals surface area contributed by atoms with Gasteiger partial charge in [-0.15, -0.1) is 11.6 Å². The Morgan fingerprint density at radius 3 is 2.07 bits per heavy atom. The molecule has 1 nitrogen and oxygen atoms in total. The standard InChI is InChI=1S/C13H19ClO/c1-9(2)13(14,10(3)4)11-6-5-7-12(15)8-11/h5-10,15H,1-4H3. The topological polar surface area (TPSA) is 20.2 Å². The van der Waals surface area contributed by atoms with Crippen molar-refractivity contribution in [3.05, 3.63) is 29.8 Å². The molecule has 0 saturated heterocycles. The highest BCUT2D eigenvalue weighted by atomic mass is 35.5. The fourth-order valence-corrected chi connectivity index (χ4v) is 2.20. The third-order valence-corrected chi connectivity index (χ3v) is 4.06. The molecule has 0 spiro atoms. The third-order valence-electron chi connectivity index (χ3n) is 2.97. The molecule has 0 bridgehead atoms. The Hall–Kier alpha value is -0.690. The zero-order valence-corrected chi connectivity index (χ0v) is 10.5. The van der Waals surface area contributed by atoms with E-state index in [4.69, 9.17) is 11.6 Å².